The lowest BCUT2D eigenvalue weighted by molar-refractivity contribution is 0.413. The number of methoxy groups -OCH3 is 1. The first kappa shape index (κ1) is 14.3. The maximum absolute atomic E-state index is 6.31. The quantitative estimate of drug-likeness (QED) is 0.784. The van der Waals surface area contributed by atoms with Crippen molar-refractivity contribution in [2.45, 2.75) is 32.6 Å². The maximum atomic E-state index is 6.31. The molecule has 0 aromatic heterocycles. The summed E-state index contributed by atoms with van der Waals surface area (Å²) >= 11 is 6.31. The molecule has 0 spiro atoms. The molecule has 0 aliphatic rings. The SMILES string of the molecule is CCNCCC(C)(C)c1ccc(OC)cc1Cl. The summed E-state index contributed by atoms with van der Waals surface area (Å²) in [5.74, 6) is 0.807. The van der Waals surface area contributed by atoms with Crippen molar-refractivity contribution in [3.8, 4) is 5.75 Å². The molecule has 0 radical (unpaired) electrons. The first-order chi connectivity index (χ1) is 8.01. The Kier molecular flexibility index (Phi) is 5.29. The first-order valence-electron chi connectivity index (χ1n) is 6.06. The van der Waals surface area contributed by atoms with Gasteiger partial charge in [-0.25, -0.2) is 0 Å². The number of hydrogen-bond donors (Lipinski definition) is 1. The van der Waals surface area contributed by atoms with Gasteiger partial charge in [-0.1, -0.05) is 38.4 Å². The molecule has 0 amide bonds. The average Bonchev–Trinajstić information content (AvgIpc) is 2.28. The van der Waals surface area contributed by atoms with Gasteiger partial charge in [0.05, 0.1) is 7.11 Å². The van der Waals surface area contributed by atoms with Gasteiger partial charge < -0.3 is 10.1 Å². The van der Waals surface area contributed by atoms with Crippen molar-refractivity contribution >= 4 is 11.6 Å². The Hall–Kier alpha value is -0.730. The number of nitrogens with one attached hydrogen (secondary N) is 1. The zero-order valence-electron chi connectivity index (χ0n) is 11.1. The highest BCUT2D eigenvalue weighted by Crippen LogP contribution is 2.34. The minimum atomic E-state index is 0.0749. The summed E-state index contributed by atoms with van der Waals surface area (Å²) in [7, 11) is 1.65. The van der Waals surface area contributed by atoms with Crippen LogP contribution in [-0.4, -0.2) is 20.2 Å². The molecule has 0 heterocycles. The molecule has 0 saturated carbocycles. The molecular formula is C14H22ClNO. The summed E-state index contributed by atoms with van der Waals surface area (Å²) in [4.78, 5) is 0. The van der Waals surface area contributed by atoms with Gasteiger partial charge in [0.1, 0.15) is 5.75 Å². The zero-order chi connectivity index (χ0) is 12.9. The predicted molar refractivity (Wildman–Crippen MR) is 74.2 cm³/mol. The zero-order valence-corrected chi connectivity index (χ0v) is 11.9. The van der Waals surface area contributed by atoms with Gasteiger partial charge in [-0.3, -0.25) is 0 Å². The minimum absolute atomic E-state index is 0.0749. The smallest absolute Gasteiger partial charge is 0.120 e. The summed E-state index contributed by atoms with van der Waals surface area (Å²) in [5.41, 5.74) is 1.25. The summed E-state index contributed by atoms with van der Waals surface area (Å²) in [6.45, 7) is 8.57. The van der Waals surface area contributed by atoms with Gasteiger partial charge in [-0.2, -0.15) is 0 Å². The Labute approximate surface area is 109 Å². The van der Waals surface area contributed by atoms with Crippen LogP contribution in [0.15, 0.2) is 18.2 Å². The highest BCUT2D eigenvalue weighted by Gasteiger charge is 2.22. The first-order valence-corrected chi connectivity index (χ1v) is 6.44. The lowest BCUT2D eigenvalue weighted by Crippen LogP contribution is -2.25. The molecule has 1 aromatic rings. The van der Waals surface area contributed by atoms with Crippen LogP contribution in [0.3, 0.4) is 0 Å². The molecule has 0 atom stereocenters. The molecule has 0 aliphatic carbocycles. The summed E-state index contributed by atoms with van der Waals surface area (Å²) < 4.78 is 5.16. The Bertz CT molecular complexity index is 363. The second kappa shape index (κ2) is 6.27. The van der Waals surface area contributed by atoms with Crippen LogP contribution in [0.1, 0.15) is 32.8 Å². The van der Waals surface area contributed by atoms with Crippen LogP contribution in [-0.2, 0) is 5.41 Å². The van der Waals surface area contributed by atoms with Crippen molar-refractivity contribution in [3.05, 3.63) is 28.8 Å². The van der Waals surface area contributed by atoms with Crippen molar-refractivity contribution in [2.75, 3.05) is 20.2 Å². The van der Waals surface area contributed by atoms with E-state index in [1.54, 1.807) is 7.11 Å². The Morgan fingerprint density at radius 1 is 1.35 bits per heavy atom. The minimum Gasteiger partial charge on any atom is -0.497 e. The molecule has 2 nitrogen and oxygen atoms in total. The number of benzene rings is 1. The summed E-state index contributed by atoms with van der Waals surface area (Å²) in [6, 6.07) is 5.91. The second-order valence-corrected chi connectivity index (χ2v) is 5.24. The Morgan fingerprint density at radius 3 is 2.59 bits per heavy atom. The van der Waals surface area contributed by atoms with Gasteiger partial charge >= 0.3 is 0 Å². The van der Waals surface area contributed by atoms with Gasteiger partial charge in [0, 0.05) is 5.02 Å². The van der Waals surface area contributed by atoms with Crippen LogP contribution < -0.4 is 10.1 Å². The van der Waals surface area contributed by atoms with Gasteiger partial charge in [0.15, 0.2) is 0 Å². The lowest BCUT2D eigenvalue weighted by Gasteiger charge is -2.26. The fourth-order valence-electron chi connectivity index (χ4n) is 1.88. The van der Waals surface area contributed by atoms with E-state index in [1.165, 1.54) is 5.56 Å². The standard InChI is InChI=1S/C14H22ClNO/c1-5-16-9-8-14(2,3)12-7-6-11(17-4)10-13(12)15/h6-7,10,16H,5,8-9H2,1-4H3. The van der Waals surface area contributed by atoms with E-state index >= 15 is 0 Å². The van der Waals surface area contributed by atoms with Gasteiger partial charge in [-0.15, -0.1) is 0 Å². The Balaban J connectivity index is 2.82. The monoisotopic (exact) mass is 255 g/mol. The van der Waals surface area contributed by atoms with Gasteiger partial charge in [0.2, 0.25) is 0 Å². The average molecular weight is 256 g/mol. The largest absolute Gasteiger partial charge is 0.497 e. The molecule has 96 valence electrons. The molecule has 1 rings (SSSR count). The van der Waals surface area contributed by atoms with Crippen LogP contribution in [0.5, 0.6) is 5.75 Å². The third kappa shape index (κ3) is 3.90. The van der Waals surface area contributed by atoms with Crippen molar-refractivity contribution in [1.82, 2.24) is 5.32 Å². The number of ether oxygens (including phenoxy) is 1. The summed E-state index contributed by atoms with van der Waals surface area (Å²) in [5, 5.41) is 4.13. The summed E-state index contributed by atoms with van der Waals surface area (Å²) in [6.07, 6.45) is 1.06. The fourth-order valence-corrected chi connectivity index (χ4v) is 2.31. The molecule has 0 aliphatic heterocycles. The molecular weight excluding hydrogens is 234 g/mol. The number of halogens is 1. The third-order valence-corrected chi connectivity index (χ3v) is 3.39. The van der Waals surface area contributed by atoms with E-state index in [-0.39, 0.29) is 5.41 Å². The second-order valence-electron chi connectivity index (χ2n) is 4.83. The predicted octanol–water partition coefficient (Wildman–Crippen LogP) is 3.63. The highest BCUT2D eigenvalue weighted by molar-refractivity contribution is 6.31. The van der Waals surface area contributed by atoms with E-state index in [0.29, 0.717) is 0 Å². The molecule has 0 fully saturated rings. The highest BCUT2D eigenvalue weighted by atomic mass is 35.5. The van der Waals surface area contributed by atoms with E-state index in [4.69, 9.17) is 16.3 Å². The maximum Gasteiger partial charge on any atom is 0.120 e. The van der Waals surface area contributed by atoms with Crippen molar-refractivity contribution in [1.29, 1.82) is 0 Å². The lowest BCUT2D eigenvalue weighted by atomic mass is 9.81. The topological polar surface area (TPSA) is 21.3 Å². The van der Waals surface area contributed by atoms with Crippen molar-refractivity contribution in [3.63, 3.8) is 0 Å². The normalized spacial score (nSPS) is 11.6. The number of hydrogen-bond acceptors (Lipinski definition) is 2. The van der Waals surface area contributed by atoms with Crippen molar-refractivity contribution < 1.29 is 4.74 Å². The molecule has 0 bridgehead atoms. The van der Waals surface area contributed by atoms with Crippen LogP contribution >= 0.6 is 11.6 Å². The van der Waals surface area contributed by atoms with Crippen LogP contribution in [0.25, 0.3) is 0 Å². The van der Waals surface area contributed by atoms with Crippen LogP contribution in [0, 0.1) is 0 Å². The van der Waals surface area contributed by atoms with Gasteiger partial charge in [0.25, 0.3) is 0 Å². The molecule has 17 heavy (non-hydrogen) atoms. The fraction of sp³-hybridized carbons (Fsp3) is 0.571. The molecule has 3 heteroatoms. The molecule has 0 saturated heterocycles. The molecule has 1 N–H and O–H groups in total. The van der Waals surface area contributed by atoms with E-state index in [1.807, 2.05) is 12.1 Å². The van der Waals surface area contributed by atoms with E-state index in [0.717, 1.165) is 30.3 Å². The number of rotatable bonds is 6. The van der Waals surface area contributed by atoms with Crippen molar-refractivity contribution in [2.24, 2.45) is 0 Å². The van der Waals surface area contributed by atoms with E-state index < -0.39 is 0 Å². The molecule has 0 unspecified atom stereocenters. The van der Waals surface area contributed by atoms with E-state index in [2.05, 4.69) is 32.2 Å². The van der Waals surface area contributed by atoms with Crippen LogP contribution in [0.4, 0.5) is 0 Å². The third-order valence-electron chi connectivity index (χ3n) is 3.08. The molecule has 1 aromatic carbocycles. The Morgan fingerprint density at radius 2 is 2.06 bits per heavy atom. The van der Waals surface area contributed by atoms with Crippen LogP contribution in [0.2, 0.25) is 5.02 Å². The van der Waals surface area contributed by atoms with E-state index in [9.17, 15) is 0 Å². The van der Waals surface area contributed by atoms with Gasteiger partial charge in [-0.05, 0) is 42.6 Å².